The zero-order valence-corrected chi connectivity index (χ0v) is 7.25. The average molecular weight is 167 g/mol. The maximum Gasteiger partial charge on any atom is 0.302 e. The fraction of sp³-hybridized carbons (Fsp3) is 0.778. The Morgan fingerprint density at radius 2 is 2.00 bits per heavy atom. The van der Waals surface area contributed by atoms with E-state index in [1.807, 2.05) is 0 Å². The second-order valence-electron chi connectivity index (χ2n) is 3.17. The highest BCUT2D eigenvalue weighted by Crippen LogP contribution is 2.23. The summed E-state index contributed by atoms with van der Waals surface area (Å²) in [6.45, 7) is 8.25. The van der Waals surface area contributed by atoms with E-state index in [-0.39, 0.29) is 18.1 Å². The molecule has 12 heavy (non-hydrogen) atoms. The Labute approximate surface area is 72.5 Å². The molecule has 0 unspecified atom stereocenters. The highest BCUT2D eigenvalue weighted by molar-refractivity contribution is 5.66. The summed E-state index contributed by atoms with van der Waals surface area (Å²) < 4.78 is 5.04. The van der Waals surface area contributed by atoms with Crippen LogP contribution in [0, 0.1) is 6.57 Å². The second-order valence-corrected chi connectivity index (χ2v) is 3.17. The lowest BCUT2D eigenvalue weighted by Gasteiger charge is -2.21. The van der Waals surface area contributed by atoms with Gasteiger partial charge in [0, 0.05) is 19.8 Å². The molecule has 1 aliphatic rings. The molecule has 0 aromatic rings. The standard InChI is InChI=1S/C9H13NO2/c1-7(11)12-9-5-3-8(10-2)4-6-9/h8-9H,3-6H2,1H3. The van der Waals surface area contributed by atoms with Crippen LogP contribution < -0.4 is 0 Å². The molecule has 0 bridgehead atoms. The van der Waals surface area contributed by atoms with E-state index in [2.05, 4.69) is 4.85 Å². The molecule has 0 aromatic carbocycles. The van der Waals surface area contributed by atoms with Crippen LogP contribution >= 0.6 is 0 Å². The van der Waals surface area contributed by atoms with E-state index in [1.165, 1.54) is 6.92 Å². The van der Waals surface area contributed by atoms with Crippen LogP contribution in [0.25, 0.3) is 4.85 Å². The SMILES string of the molecule is [C-]#[N+]C1CCC(OC(C)=O)CC1. The lowest BCUT2D eigenvalue weighted by molar-refractivity contribution is -0.147. The third kappa shape index (κ3) is 2.54. The molecule has 1 fully saturated rings. The molecule has 0 saturated heterocycles. The van der Waals surface area contributed by atoms with Crippen molar-refractivity contribution >= 4 is 5.97 Å². The number of carbonyl (C=O) groups is 1. The number of esters is 1. The van der Waals surface area contributed by atoms with E-state index in [0.717, 1.165) is 25.7 Å². The topological polar surface area (TPSA) is 30.7 Å². The molecule has 0 aliphatic heterocycles. The number of nitrogens with zero attached hydrogens (tertiary/aromatic N) is 1. The zero-order chi connectivity index (χ0) is 8.97. The minimum absolute atomic E-state index is 0.0699. The van der Waals surface area contributed by atoms with Crippen molar-refractivity contribution in [3.05, 3.63) is 11.4 Å². The summed E-state index contributed by atoms with van der Waals surface area (Å²) in [5.41, 5.74) is 0. The summed E-state index contributed by atoms with van der Waals surface area (Å²) >= 11 is 0. The Balaban J connectivity index is 2.27. The van der Waals surface area contributed by atoms with E-state index in [0.29, 0.717) is 0 Å². The lowest BCUT2D eigenvalue weighted by Crippen LogP contribution is -2.24. The van der Waals surface area contributed by atoms with Gasteiger partial charge in [0.15, 0.2) is 0 Å². The summed E-state index contributed by atoms with van der Waals surface area (Å²) in [5, 5.41) is 0. The molecular weight excluding hydrogens is 154 g/mol. The first-order chi connectivity index (χ1) is 5.72. The normalized spacial score (nSPS) is 29.0. The molecule has 66 valence electrons. The van der Waals surface area contributed by atoms with Crippen LogP contribution in [-0.2, 0) is 9.53 Å². The number of rotatable bonds is 1. The molecule has 0 spiro atoms. The smallest absolute Gasteiger partial charge is 0.302 e. The third-order valence-electron chi connectivity index (χ3n) is 2.16. The van der Waals surface area contributed by atoms with Gasteiger partial charge in [0.1, 0.15) is 6.10 Å². The molecule has 1 saturated carbocycles. The van der Waals surface area contributed by atoms with Gasteiger partial charge in [-0.15, -0.1) is 0 Å². The Hall–Kier alpha value is -1.04. The summed E-state index contributed by atoms with van der Waals surface area (Å²) in [6, 6.07) is 0.164. The number of hydrogen-bond acceptors (Lipinski definition) is 2. The van der Waals surface area contributed by atoms with Gasteiger partial charge in [0.2, 0.25) is 6.04 Å². The van der Waals surface area contributed by atoms with Crippen LogP contribution in [0.1, 0.15) is 32.6 Å². The summed E-state index contributed by atoms with van der Waals surface area (Å²) in [5.74, 6) is -0.207. The molecule has 0 heterocycles. The van der Waals surface area contributed by atoms with E-state index in [1.54, 1.807) is 0 Å². The molecule has 0 aromatic heterocycles. The van der Waals surface area contributed by atoms with Gasteiger partial charge in [0.05, 0.1) is 0 Å². The van der Waals surface area contributed by atoms with Gasteiger partial charge in [-0.3, -0.25) is 4.79 Å². The molecule has 3 nitrogen and oxygen atoms in total. The molecule has 3 heteroatoms. The van der Waals surface area contributed by atoms with E-state index >= 15 is 0 Å². The van der Waals surface area contributed by atoms with Gasteiger partial charge >= 0.3 is 5.97 Å². The van der Waals surface area contributed by atoms with Crippen molar-refractivity contribution in [2.24, 2.45) is 0 Å². The monoisotopic (exact) mass is 167 g/mol. The van der Waals surface area contributed by atoms with Crippen LogP contribution in [0.4, 0.5) is 0 Å². The van der Waals surface area contributed by atoms with Gasteiger partial charge in [0.25, 0.3) is 0 Å². The molecule has 0 atom stereocenters. The minimum atomic E-state index is -0.207. The molecular formula is C9H13NO2. The van der Waals surface area contributed by atoms with Crippen LogP contribution in [0.5, 0.6) is 0 Å². The average Bonchev–Trinajstić information content (AvgIpc) is 2.05. The van der Waals surface area contributed by atoms with Crippen molar-refractivity contribution in [3.63, 3.8) is 0 Å². The largest absolute Gasteiger partial charge is 0.463 e. The molecule has 1 rings (SSSR count). The number of hydrogen-bond donors (Lipinski definition) is 0. The van der Waals surface area contributed by atoms with Gasteiger partial charge in [-0.05, 0) is 12.8 Å². The minimum Gasteiger partial charge on any atom is -0.463 e. The van der Waals surface area contributed by atoms with Crippen molar-refractivity contribution in [1.82, 2.24) is 0 Å². The Morgan fingerprint density at radius 3 is 2.42 bits per heavy atom. The summed E-state index contributed by atoms with van der Waals surface area (Å²) in [4.78, 5) is 14.1. The van der Waals surface area contributed by atoms with Crippen LogP contribution in [0.3, 0.4) is 0 Å². The summed E-state index contributed by atoms with van der Waals surface area (Å²) in [7, 11) is 0. The predicted octanol–water partition coefficient (Wildman–Crippen LogP) is 1.78. The highest BCUT2D eigenvalue weighted by atomic mass is 16.5. The molecule has 0 N–H and O–H groups in total. The fourth-order valence-corrected chi connectivity index (χ4v) is 1.53. The van der Waals surface area contributed by atoms with Crippen LogP contribution in [0.2, 0.25) is 0 Å². The number of carbonyl (C=O) groups excluding carboxylic acids is 1. The first-order valence-corrected chi connectivity index (χ1v) is 4.26. The van der Waals surface area contributed by atoms with E-state index in [9.17, 15) is 4.79 Å². The Bertz CT molecular complexity index is 199. The van der Waals surface area contributed by atoms with Crippen molar-refractivity contribution < 1.29 is 9.53 Å². The zero-order valence-electron chi connectivity index (χ0n) is 7.25. The predicted molar refractivity (Wildman–Crippen MR) is 44.4 cm³/mol. The van der Waals surface area contributed by atoms with Crippen LogP contribution in [-0.4, -0.2) is 18.1 Å². The fourth-order valence-electron chi connectivity index (χ4n) is 1.53. The van der Waals surface area contributed by atoms with Gasteiger partial charge in [-0.2, -0.15) is 0 Å². The quantitative estimate of drug-likeness (QED) is 0.440. The van der Waals surface area contributed by atoms with Gasteiger partial charge in [-0.25, -0.2) is 6.57 Å². The Morgan fingerprint density at radius 1 is 1.42 bits per heavy atom. The van der Waals surface area contributed by atoms with E-state index in [4.69, 9.17) is 11.3 Å². The second kappa shape index (κ2) is 4.10. The maximum atomic E-state index is 10.6. The van der Waals surface area contributed by atoms with Crippen molar-refractivity contribution in [2.45, 2.75) is 44.8 Å². The molecule has 1 aliphatic carbocycles. The van der Waals surface area contributed by atoms with Crippen molar-refractivity contribution in [2.75, 3.05) is 0 Å². The van der Waals surface area contributed by atoms with Gasteiger partial charge in [-0.1, -0.05) is 0 Å². The lowest BCUT2D eigenvalue weighted by atomic mass is 9.93. The number of ether oxygens (including phenoxy) is 1. The summed E-state index contributed by atoms with van der Waals surface area (Å²) in [6.07, 6.45) is 3.53. The van der Waals surface area contributed by atoms with Crippen molar-refractivity contribution in [3.8, 4) is 0 Å². The van der Waals surface area contributed by atoms with Gasteiger partial charge < -0.3 is 9.58 Å². The third-order valence-corrected chi connectivity index (χ3v) is 2.16. The highest BCUT2D eigenvalue weighted by Gasteiger charge is 2.25. The van der Waals surface area contributed by atoms with Crippen LogP contribution in [0.15, 0.2) is 0 Å². The maximum absolute atomic E-state index is 10.6. The van der Waals surface area contributed by atoms with E-state index < -0.39 is 0 Å². The first kappa shape index (κ1) is 9.05. The Kier molecular flexibility index (Phi) is 3.09. The van der Waals surface area contributed by atoms with Crippen molar-refractivity contribution in [1.29, 1.82) is 0 Å². The molecule has 0 amide bonds. The first-order valence-electron chi connectivity index (χ1n) is 4.26. The molecule has 0 radical (unpaired) electrons.